The molecule has 0 saturated carbocycles. The van der Waals surface area contributed by atoms with Crippen LogP contribution >= 0.6 is 11.6 Å². The Bertz CT molecular complexity index is 1690. The number of carbonyl (C=O) groups excluding carboxylic acids is 1. The Labute approximate surface area is 238 Å². The number of hydrogen-bond donors (Lipinski definition) is 2. The zero-order chi connectivity index (χ0) is 29.7. The molecule has 0 unspecified atom stereocenters. The average molecular weight is 585 g/mol. The number of anilines is 2. The van der Waals surface area contributed by atoms with Gasteiger partial charge in [-0.2, -0.15) is 0 Å². The van der Waals surface area contributed by atoms with Gasteiger partial charge in [-0.15, -0.1) is 0 Å². The molecule has 2 aromatic heterocycles. The molecule has 214 valence electrons. The summed E-state index contributed by atoms with van der Waals surface area (Å²) in [6, 6.07) is 9.79. The Morgan fingerprint density at radius 2 is 1.78 bits per heavy atom. The summed E-state index contributed by atoms with van der Waals surface area (Å²) in [5.74, 6) is -2.36. The maximum absolute atomic E-state index is 14.9. The molecule has 0 aliphatic rings. The van der Waals surface area contributed by atoms with Crippen molar-refractivity contribution in [3.8, 4) is 17.2 Å². The first-order valence-corrected chi connectivity index (χ1v) is 13.0. The van der Waals surface area contributed by atoms with Crippen molar-refractivity contribution in [3.63, 3.8) is 0 Å². The maximum Gasteiger partial charge on any atom is 0.335 e. The van der Waals surface area contributed by atoms with Crippen LogP contribution < -0.4 is 27.0 Å². The third-order valence-electron chi connectivity index (χ3n) is 6.33. The van der Waals surface area contributed by atoms with Crippen LogP contribution in [0, 0.1) is 11.6 Å². The van der Waals surface area contributed by atoms with Gasteiger partial charge in [-0.05, 0) is 49.5 Å². The lowest BCUT2D eigenvalue weighted by molar-refractivity contribution is 0.102. The van der Waals surface area contributed by atoms with Gasteiger partial charge in [-0.1, -0.05) is 25.4 Å². The van der Waals surface area contributed by atoms with E-state index in [2.05, 4.69) is 15.2 Å². The number of halogens is 3. The van der Waals surface area contributed by atoms with Crippen LogP contribution in [0.25, 0.3) is 5.69 Å². The highest BCUT2D eigenvalue weighted by atomic mass is 35.5. The molecule has 0 atom stereocenters. The highest BCUT2D eigenvalue weighted by Gasteiger charge is 2.20. The summed E-state index contributed by atoms with van der Waals surface area (Å²) in [5.41, 5.74) is 3.80. The summed E-state index contributed by atoms with van der Waals surface area (Å²) in [7, 11) is 0. The Balaban J connectivity index is 1.67. The van der Waals surface area contributed by atoms with E-state index in [4.69, 9.17) is 22.1 Å². The summed E-state index contributed by atoms with van der Waals surface area (Å²) >= 11 is 6.05. The van der Waals surface area contributed by atoms with Crippen molar-refractivity contribution in [2.75, 3.05) is 30.7 Å². The van der Waals surface area contributed by atoms with Crippen molar-refractivity contribution in [2.45, 2.75) is 20.4 Å². The molecule has 4 rings (SSSR count). The molecular formula is C28H27ClF2N6O4. The third-order valence-corrected chi connectivity index (χ3v) is 6.71. The molecule has 0 aliphatic carbocycles. The van der Waals surface area contributed by atoms with Gasteiger partial charge in [0, 0.05) is 43.3 Å². The number of pyridine rings is 1. The van der Waals surface area contributed by atoms with Crippen molar-refractivity contribution < 1.29 is 18.3 Å². The van der Waals surface area contributed by atoms with Gasteiger partial charge in [0.1, 0.15) is 22.2 Å². The van der Waals surface area contributed by atoms with Gasteiger partial charge in [0.15, 0.2) is 17.3 Å². The second-order valence-electron chi connectivity index (χ2n) is 8.87. The number of nitrogens with zero attached hydrogens (tertiary/aromatic N) is 4. The first-order chi connectivity index (χ1) is 19.6. The normalized spacial score (nSPS) is 11.1. The molecule has 0 saturated heterocycles. The molecule has 1 amide bonds. The lowest BCUT2D eigenvalue weighted by Gasteiger charge is -2.19. The fraction of sp³-hybridized carbons (Fsp3) is 0.214. The number of carbonyl (C=O) groups is 1. The Kier molecular flexibility index (Phi) is 9.15. The summed E-state index contributed by atoms with van der Waals surface area (Å²) < 4.78 is 36.0. The topological polar surface area (TPSA) is 124 Å². The number of amides is 1. The van der Waals surface area contributed by atoms with Crippen LogP contribution in [0.15, 0.2) is 70.5 Å². The zero-order valence-electron chi connectivity index (χ0n) is 22.2. The minimum atomic E-state index is -0.913. The van der Waals surface area contributed by atoms with E-state index in [1.165, 1.54) is 47.3 Å². The molecule has 41 heavy (non-hydrogen) atoms. The molecular weight excluding hydrogens is 558 g/mol. The lowest BCUT2D eigenvalue weighted by atomic mass is 10.2. The third kappa shape index (κ3) is 6.61. The fourth-order valence-electron chi connectivity index (χ4n) is 4.02. The molecule has 0 bridgehead atoms. The van der Waals surface area contributed by atoms with Crippen LogP contribution in [0.1, 0.15) is 24.2 Å². The molecule has 13 heteroatoms. The first-order valence-electron chi connectivity index (χ1n) is 12.7. The summed E-state index contributed by atoms with van der Waals surface area (Å²) in [6.07, 6.45) is 2.52. The van der Waals surface area contributed by atoms with Crippen molar-refractivity contribution in [2.24, 2.45) is 0 Å². The number of nitrogens with two attached hydrogens (primary N) is 1. The first kappa shape index (κ1) is 29.4. The monoisotopic (exact) mass is 584 g/mol. The number of likely N-dealkylation sites (N-methyl/N-ethyl adjacent to an activating group) is 1. The molecule has 2 heterocycles. The van der Waals surface area contributed by atoms with E-state index in [1.54, 1.807) is 0 Å². The van der Waals surface area contributed by atoms with Crippen LogP contribution in [-0.4, -0.2) is 44.6 Å². The van der Waals surface area contributed by atoms with Crippen molar-refractivity contribution in [1.82, 2.24) is 19.0 Å². The van der Waals surface area contributed by atoms with E-state index < -0.39 is 28.8 Å². The summed E-state index contributed by atoms with van der Waals surface area (Å²) in [4.78, 5) is 45.8. The highest BCUT2D eigenvalue weighted by Crippen LogP contribution is 2.33. The number of benzene rings is 2. The van der Waals surface area contributed by atoms with Crippen molar-refractivity contribution in [3.05, 3.63) is 104 Å². The molecule has 0 spiro atoms. The molecule has 0 aliphatic heterocycles. The predicted octanol–water partition coefficient (Wildman–Crippen LogP) is 4.29. The molecule has 0 fully saturated rings. The van der Waals surface area contributed by atoms with Gasteiger partial charge in [0.2, 0.25) is 0 Å². The molecule has 3 N–H and O–H groups in total. The molecule has 2 aromatic carbocycles. The van der Waals surface area contributed by atoms with Gasteiger partial charge in [-0.3, -0.25) is 14.2 Å². The van der Waals surface area contributed by atoms with E-state index in [9.17, 15) is 23.2 Å². The van der Waals surface area contributed by atoms with Crippen molar-refractivity contribution >= 4 is 29.0 Å². The van der Waals surface area contributed by atoms with Gasteiger partial charge in [-0.25, -0.2) is 23.1 Å². The maximum atomic E-state index is 14.9. The second kappa shape index (κ2) is 12.7. The van der Waals surface area contributed by atoms with Crippen LogP contribution in [0.3, 0.4) is 0 Å². The number of rotatable bonds is 10. The molecule has 4 aromatic rings. The highest BCUT2D eigenvalue weighted by molar-refractivity contribution is 6.34. The van der Waals surface area contributed by atoms with E-state index in [0.29, 0.717) is 6.54 Å². The SMILES string of the molecule is CCN(CC)CCn1cc(C(=O)Nc2ccc(Oc3ccnc(N)c3Cl)c(F)c2)c(=O)n(-c2ccc(F)cc2)c1=O. The minimum absolute atomic E-state index is 0.0119. The minimum Gasteiger partial charge on any atom is -0.453 e. The molecule has 10 nitrogen and oxygen atoms in total. The predicted molar refractivity (Wildman–Crippen MR) is 152 cm³/mol. The number of nitrogens with one attached hydrogen (secondary N) is 1. The lowest BCUT2D eigenvalue weighted by Crippen LogP contribution is -2.43. The van der Waals surface area contributed by atoms with Gasteiger partial charge < -0.3 is 20.7 Å². The number of ether oxygens (including phenoxy) is 1. The van der Waals surface area contributed by atoms with Crippen molar-refractivity contribution in [1.29, 1.82) is 0 Å². The number of aromatic nitrogens is 3. The standard InChI is InChI=1S/C28H27ClF2N6O4/c1-3-35(4-2)13-14-36-16-20(27(39)37(28(36)40)19-8-5-17(30)6-9-19)26(38)34-18-7-10-22(21(31)15-18)41-23-11-12-33-25(32)24(23)29/h5-12,15-16H,3-4,13-14H2,1-2H3,(H2,32,33)(H,34,38). The molecule has 0 radical (unpaired) electrons. The largest absolute Gasteiger partial charge is 0.453 e. The fourth-order valence-corrected chi connectivity index (χ4v) is 4.17. The zero-order valence-corrected chi connectivity index (χ0v) is 23.0. The average Bonchev–Trinajstić information content (AvgIpc) is 2.95. The Morgan fingerprint density at radius 3 is 2.44 bits per heavy atom. The van der Waals surface area contributed by atoms with Gasteiger partial charge >= 0.3 is 5.69 Å². The quantitative estimate of drug-likeness (QED) is 0.285. The van der Waals surface area contributed by atoms with Gasteiger partial charge in [0.05, 0.1) is 5.69 Å². The Morgan fingerprint density at radius 1 is 1.07 bits per heavy atom. The van der Waals surface area contributed by atoms with E-state index >= 15 is 0 Å². The Hall–Kier alpha value is -4.55. The van der Waals surface area contributed by atoms with Crippen LogP contribution in [0.2, 0.25) is 5.02 Å². The van der Waals surface area contributed by atoms with Crippen LogP contribution in [-0.2, 0) is 6.54 Å². The van der Waals surface area contributed by atoms with E-state index in [-0.39, 0.29) is 45.8 Å². The van der Waals surface area contributed by atoms with E-state index in [0.717, 1.165) is 35.9 Å². The van der Waals surface area contributed by atoms with E-state index in [1.807, 2.05) is 13.8 Å². The van der Waals surface area contributed by atoms with Crippen LogP contribution in [0.4, 0.5) is 20.3 Å². The number of nitrogen functional groups attached to an aromatic ring is 1. The van der Waals surface area contributed by atoms with Gasteiger partial charge in [0.25, 0.3) is 11.5 Å². The van der Waals surface area contributed by atoms with Crippen LogP contribution in [0.5, 0.6) is 11.5 Å². The summed E-state index contributed by atoms with van der Waals surface area (Å²) in [6.45, 7) is 6.09. The number of hydrogen-bond acceptors (Lipinski definition) is 7. The summed E-state index contributed by atoms with van der Waals surface area (Å²) in [5, 5.41) is 2.50. The second-order valence-corrected chi connectivity index (χ2v) is 9.25. The smallest absolute Gasteiger partial charge is 0.335 e.